The molecule has 2 aromatic rings. The third-order valence-electron chi connectivity index (χ3n) is 2.86. The minimum atomic E-state index is -0.501. The number of thiophene rings is 1. The Hall–Kier alpha value is -2.24. The van der Waals surface area contributed by atoms with Crippen LogP contribution in [0.15, 0.2) is 11.1 Å². The van der Waals surface area contributed by atoms with Crippen molar-refractivity contribution in [2.75, 3.05) is 20.3 Å². The largest absolute Gasteiger partial charge is 0.459 e. The molecule has 0 saturated carbocycles. The lowest BCUT2D eigenvalue weighted by Crippen LogP contribution is -2.20. The number of fused-ring (bicyclic) bond motifs is 1. The van der Waals surface area contributed by atoms with Crippen LogP contribution < -0.4 is 5.56 Å². The lowest BCUT2D eigenvalue weighted by atomic mass is 10.2. The number of esters is 1. The standard InChI is InChI=1S/C13H13N3O4S/c1-8-9-11(15-7-16(4-3-14)12(9)17)21-10(8)13(18)20-6-5-19-2/h7H,4-6H2,1-2H3. The molecule has 7 nitrogen and oxygen atoms in total. The summed E-state index contributed by atoms with van der Waals surface area (Å²) in [5.41, 5.74) is 0.202. The van der Waals surface area contributed by atoms with E-state index in [1.54, 1.807) is 6.92 Å². The molecular formula is C13H13N3O4S. The van der Waals surface area contributed by atoms with Gasteiger partial charge in [-0.15, -0.1) is 11.3 Å². The molecule has 8 heteroatoms. The van der Waals surface area contributed by atoms with Crippen LogP contribution in [0.5, 0.6) is 0 Å². The van der Waals surface area contributed by atoms with Crippen molar-refractivity contribution in [3.8, 4) is 6.07 Å². The predicted octanol–water partition coefficient (Wildman–Crippen LogP) is 1.09. The molecule has 0 fully saturated rings. The zero-order chi connectivity index (χ0) is 15.4. The molecule has 0 aromatic carbocycles. The molecule has 0 atom stereocenters. The molecule has 0 bridgehead atoms. The van der Waals surface area contributed by atoms with Gasteiger partial charge in [-0.05, 0) is 12.5 Å². The Bertz CT molecular complexity index is 772. The average Bonchev–Trinajstić information content (AvgIpc) is 2.80. The lowest BCUT2D eigenvalue weighted by Gasteiger charge is -2.02. The van der Waals surface area contributed by atoms with Crippen molar-refractivity contribution in [3.63, 3.8) is 0 Å². The Labute approximate surface area is 124 Å². The van der Waals surface area contributed by atoms with Crippen LogP contribution in [0.1, 0.15) is 15.2 Å². The van der Waals surface area contributed by atoms with Crippen LogP contribution in [0.2, 0.25) is 0 Å². The number of methoxy groups -OCH3 is 1. The Balaban J connectivity index is 2.42. The molecule has 2 heterocycles. The van der Waals surface area contributed by atoms with Crippen molar-refractivity contribution >= 4 is 27.5 Å². The Morgan fingerprint density at radius 3 is 2.95 bits per heavy atom. The summed E-state index contributed by atoms with van der Waals surface area (Å²) in [7, 11) is 1.51. The van der Waals surface area contributed by atoms with Gasteiger partial charge >= 0.3 is 5.97 Å². The maximum Gasteiger partial charge on any atom is 0.348 e. The number of ether oxygens (including phenoxy) is 2. The molecule has 0 amide bonds. The van der Waals surface area contributed by atoms with Crippen molar-refractivity contribution < 1.29 is 14.3 Å². The highest BCUT2D eigenvalue weighted by atomic mass is 32.1. The molecule has 21 heavy (non-hydrogen) atoms. The topological polar surface area (TPSA) is 94.2 Å². The van der Waals surface area contributed by atoms with Gasteiger partial charge in [-0.3, -0.25) is 9.36 Å². The number of aromatic nitrogens is 2. The van der Waals surface area contributed by atoms with E-state index in [4.69, 9.17) is 14.7 Å². The lowest BCUT2D eigenvalue weighted by molar-refractivity contribution is 0.0393. The van der Waals surface area contributed by atoms with Gasteiger partial charge in [0.15, 0.2) is 0 Å². The molecule has 0 aliphatic heterocycles. The smallest absolute Gasteiger partial charge is 0.348 e. The van der Waals surface area contributed by atoms with Gasteiger partial charge in [-0.25, -0.2) is 9.78 Å². The van der Waals surface area contributed by atoms with Crippen molar-refractivity contribution in [2.45, 2.75) is 13.5 Å². The quantitative estimate of drug-likeness (QED) is 0.606. The molecule has 0 radical (unpaired) electrons. The van der Waals surface area contributed by atoms with Gasteiger partial charge in [-0.1, -0.05) is 0 Å². The van der Waals surface area contributed by atoms with E-state index >= 15 is 0 Å². The fourth-order valence-corrected chi connectivity index (χ4v) is 2.86. The van der Waals surface area contributed by atoms with Crippen LogP contribution in [-0.4, -0.2) is 35.8 Å². The summed E-state index contributed by atoms with van der Waals surface area (Å²) in [5.74, 6) is -0.501. The molecule has 0 aliphatic rings. The number of carbonyl (C=O) groups excluding carboxylic acids is 1. The van der Waals surface area contributed by atoms with Crippen molar-refractivity contribution in [1.82, 2.24) is 9.55 Å². The van der Waals surface area contributed by atoms with Gasteiger partial charge in [0.1, 0.15) is 29.2 Å². The monoisotopic (exact) mass is 307 g/mol. The molecule has 110 valence electrons. The molecule has 0 unspecified atom stereocenters. The van der Waals surface area contributed by atoms with Crippen LogP contribution in [0.3, 0.4) is 0 Å². The van der Waals surface area contributed by atoms with Gasteiger partial charge in [-0.2, -0.15) is 5.26 Å². The fourth-order valence-electron chi connectivity index (χ4n) is 1.83. The molecule has 0 aliphatic carbocycles. The van der Waals surface area contributed by atoms with Crippen LogP contribution in [0, 0.1) is 18.3 Å². The molecular weight excluding hydrogens is 294 g/mol. The van der Waals surface area contributed by atoms with Gasteiger partial charge < -0.3 is 9.47 Å². The number of hydrogen-bond donors (Lipinski definition) is 0. The Morgan fingerprint density at radius 2 is 2.29 bits per heavy atom. The van der Waals surface area contributed by atoms with Crippen LogP contribution >= 0.6 is 11.3 Å². The van der Waals surface area contributed by atoms with Crippen LogP contribution in [0.4, 0.5) is 0 Å². The molecule has 0 N–H and O–H groups in total. The first kappa shape index (κ1) is 15.2. The maximum absolute atomic E-state index is 12.2. The zero-order valence-corrected chi connectivity index (χ0v) is 12.4. The highest BCUT2D eigenvalue weighted by Gasteiger charge is 2.20. The second-order valence-electron chi connectivity index (χ2n) is 4.20. The first-order chi connectivity index (χ1) is 10.1. The summed E-state index contributed by atoms with van der Waals surface area (Å²) in [6.45, 7) is 2.05. The van der Waals surface area contributed by atoms with E-state index in [9.17, 15) is 9.59 Å². The van der Waals surface area contributed by atoms with Crippen LogP contribution in [-0.2, 0) is 16.0 Å². The molecule has 0 spiro atoms. The first-order valence-electron chi connectivity index (χ1n) is 6.11. The highest BCUT2D eigenvalue weighted by Crippen LogP contribution is 2.27. The van der Waals surface area contributed by atoms with Crippen molar-refractivity contribution in [1.29, 1.82) is 5.26 Å². The first-order valence-corrected chi connectivity index (χ1v) is 6.93. The average molecular weight is 307 g/mol. The SMILES string of the molecule is COCCOC(=O)c1sc2ncn(CC#N)c(=O)c2c1C. The minimum absolute atomic E-state index is 0.0787. The molecule has 0 saturated heterocycles. The summed E-state index contributed by atoms with van der Waals surface area (Å²) >= 11 is 1.11. The van der Waals surface area contributed by atoms with Gasteiger partial charge in [0.05, 0.1) is 18.1 Å². The normalized spacial score (nSPS) is 10.5. The van der Waals surface area contributed by atoms with E-state index < -0.39 is 5.97 Å². The summed E-state index contributed by atoms with van der Waals surface area (Å²) in [6.07, 6.45) is 1.31. The van der Waals surface area contributed by atoms with E-state index in [0.717, 1.165) is 11.3 Å². The highest BCUT2D eigenvalue weighted by molar-refractivity contribution is 7.20. The van der Waals surface area contributed by atoms with E-state index in [2.05, 4.69) is 4.98 Å². The summed E-state index contributed by atoms with van der Waals surface area (Å²) in [4.78, 5) is 29.1. The van der Waals surface area contributed by atoms with Gasteiger partial charge in [0.25, 0.3) is 5.56 Å². The predicted molar refractivity (Wildman–Crippen MR) is 76.4 cm³/mol. The van der Waals surface area contributed by atoms with E-state index in [-0.39, 0.29) is 18.7 Å². The number of aryl methyl sites for hydroxylation is 1. The molecule has 2 rings (SSSR count). The summed E-state index contributed by atoms with van der Waals surface area (Å²) < 4.78 is 11.1. The number of rotatable bonds is 5. The third kappa shape index (κ3) is 2.94. The summed E-state index contributed by atoms with van der Waals surface area (Å²) in [5, 5.41) is 9.04. The van der Waals surface area contributed by atoms with Gasteiger partial charge in [0.2, 0.25) is 0 Å². The number of nitrogens with zero attached hydrogens (tertiary/aromatic N) is 3. The van der Waals surface area contributed by atoms with E-state index in [0.29, 0.717) is 27.3 Å². The van der Waals surface area contributed by atoms with Gasteiger partial charge in [0, 0.05) is 7.11 Å². The van der Waals surface area contributed by atoms with Crippen molar-refractivity contribution in [3.05, 3.63) is 27.1 Å². The number of hydrogen-bond acceptors (Lipinski definition) is 7. The Morgan fingerprint density at radius 1 is 1.52 bits per heavy atom. The van der Waals surface area contributed by atoms with Crippen LogP contribution in [0.25, 0.3) is 10.2 Å². The minimum Gasteiger partial charge on any atom is -0.459 e. The summed E-state index contributed by atoms with van der Waals surface area (Å²) in [6, 6.07) is 1.89. The van der Waals surface area contributed by atoms with E-state index in [1.807, 2.05) is 6.07 Å². The zero-order valence-electron chi connectivity index (χ0n) is 11.6. The fraction of sp³-hybridized carbons (Fsp3) is 0.385. The second-order valence-corrected chi connectivity index (χ2v) is 5.20. The maximum atomic E-state index is 12.2. The number of nitriles is 1. The number of carbonyl (C=O) groups is 1. The van der Waals surface area contributed by atoms with E-state index in [1.165, 1.54) is 18.0 Å². The van der Waals surface area contributed by atoms with Crippen molar-refractivity contribution in [2.24, 2.45) is 0 Å². The Kier molecular flexibility index (Phi) is 4.67. The second kappa shape index (κ2) is 6.47. The molecule has 2 aromatic heterocycles. The third-order valence-corrected chi connectivity index (χ3v) is 4.04.